The van der Waals surface area contributed by atoms with Gasteiger partial charge in [0.1, 0.15) is 0 Å². The van der Waals surface area contributed by atoms with E-state index in [9.17, 15) is 0 Å². The number of nitrogens with zero attached hydrogens (tertiary/aromatic N) is 1. The maximum Gasteiger partial charge on any atom is 0.00988 e. The van der Waals surface area contributed by atoms with Crippen LogP contribution in [0.3, 0.4) is 0 Å². The zero-order valence-corrected chi connectivity index (χ0v) is 9.97. The van der Waals surface area contributed by atoms with Crippen LogP contribution in [0.25, 0.3) is 0 Å². The Hall–Kier alpha value is -0.0800. The van der Waals surface area contributed by atoms with Crippen LogP contribution in [0.15, 0.2) is 0 Å². The highest BCUT2D eigenvalue weighted by atomic mass is 15.2. The minimum atomic E-state index is 0.607. The first-order chi connectivity index (χ1) is 7.25. The Balaban J connectivity index is 1.60. The van der Waals surface area contributed by atoms with Crippen molar-refractivity contribution in [2.24, 2.45) is 11.3 Å². The minimum absolute atomic E-state index is 0.607. The number of rotatable bonds is 2. The van der Waals surface area contributed by atoms with E-state index in [-0.39, 0.29) is 0 Å². The largest absolute Gasteiger partial charge is 0.317 e. The Labute approximate surface area is 93.4 Å². The summed E-state index contributed by atoms with van der Waals surface area (Å²) in [6.07, 6.45) is 7.26. The number of hydrogen-bond donors (Lipinski definition) is 1. The number of nitrogens with one attached hydrogen (secondary N) is 1. The molecule has 2 unspecified atom stereocenters. The van der Waals surface area contributed by atoms with Crippen LogP contribution in [0.4, 0.5) is 0 Å². The Morgan fingerprint density at radius 1 is 1.27 bits per heavy atom. The summed E-state index contributed by atoms with van der Waals surface area (Å²) < 4.78 is 0. The molecule has 2 aliphatic heterocycles. The maximum absolute atomic E-state index is 3.48. The van der Waals surface area contributed by atoms with Crippen LogP contribution in [0.1, 0.15) is 39.0 Å². The molecule has 2 saturated heterocycles. The number of likely N-dealkylation sites (tertiary alicyclic amines) is 1. The summed E-state index contributed by atoms with van der Waals surface area (Å²) >= 11 is 0. The molecule has 15 heavy (non-hydrogen) atoms. The number of fused-ring (bicyclic) bond motifs is 2. The lowest BCUT2D eigenvalue weighted by atomic mass is 9.80. The van der Waals surface area contributed by atoms with Crippen molar-refractivity contribution >= 4 is 0 Å². The molecule has 3 fully saturated rings. The van der Waals surface area contributed by atoms with Crippen LogP contribution in [0.2, 0.25) is 0 Å². The molecule has 0 aromatic rings. The van der Waals surface area contributed by atoms with E-state index in [1.165, 1.54) is 58.3 Å². The van der Waals surface area contributed by atoms with Gasteiger partial charge in [0.25, 0.3) is 0 Å². The lowest BCUT2D eigenvalue weighted by Gasteiger charge is -2.40. The topological polar surface area (TPSA) is 15.3 Å². The van der Waals surface area contributed by atoms with E-state index in [1.807, 2.05) is 0 Å². The van der Waals surface area contributed by atoms with Gasteiger partial charge >= 0.3 is 0 Å². The Bertz CT molecular complexity index is 233. The summed E-state index contributed by atoms with van der Waals surface area (Å²) in [6.45, 7) is 7.75. The maximum atomic E-state index is 3.48. The Morgan fingerprint density at radius 2 is 2.07 bits per heavy atom. The summed E-state index contributed by atoms with van der Waals surface area (Å²) in [6, 6.07) is 0.960. The third-order valence-corrected chi connectivity index (χ3v) is 4.92. The van der Waals surface area contributed by atoms with Crippen molar-refractivity contribution in [3.8, 4) is 0 Å². The monoisotopic (exact) mass is 208 g/mol. The highest BCUT2D eigenvalue weighted by molar-refractivity contribution is 4.95. The normalized spacial score (nSPS) is 39.8. The molecule has 3 rings (SSSR count). The van der Waals surface area contributed by atoms with Gasteiger partial charge in [-0.15, -0.1) is 0 Å². The van der Waals surface area contributed by atoms with Crippen molar-refractivity contribution < 1.29 is 0 Å². The minimum Gasteiger partial charge on any atom is -0.317 e. The number of hydrogen-bond acceptors (Lipinski definition) is 2. The van der Waals surface area contributed by atoms with E-state index in [2.05, 4.69) is 17.1 Å². The second kappa shape index (κ2) is 3.74. The average Bonchev–Trinajstić information content (AvgIpc) is 2.79. The van der Waals surface area contributed by atoms with Crippen LogP contribution >= 0.6 is 0 Å². The van der Waals surface area contributed by atoms with E-state index < -0.39 is 0 Å². The van der Waals surface area contributed by atoms with Gasteiger partial charge in [0.05, 0.1) is 0 Å². The van der Waals surface area contributed by atoms with Gasteiger partial charge in [0.2, 0.25) is 0 Å². The molecular weight excluding hydrogens is 184 g/mol. The van der Waals surface area contributed by atoms with Crippen LogP contribution in [-0.2, 0) is 0 Å². The molecule has 86 valence electrons. The summed E-state index contributed by atoms with van der Waals surface area (Å²) in [7, 11) is 0. The van der Waals surface area contributed by atoms with Crippen molar-refractivity contribution in [2.75, 3.05) is 26.2 Å². The first kappa shape index (κ1) is 10.1. The molecule has 0 aromatic heterocycles. The van der Waals surface area contributed by atoms with Gasteiger partial charge in [-0.3, -0.25) is 4.90 Å². The van der Waals surface area contributed by atoms with E-state index in [0.29, 0.717) is 5.41 Å². The van der Waals surface area contributed by atoms with E-state index >= 15 is 0 Å². The molecule has 0 aromatic carbocycles. The molecule has 0 radical (unpaired) electrons. The highest BCUT2D eigenvalue weighted by Gasteiger charge is 2.40. The number of piperidine rings is 2. The summed E-state index contributed by atoms with van der Waals surface area (Å²) in [5.74, 6) is 1.06. The zero-order valence-electron chi connectivity index (χ0n) is 9.97. The van der Waals surface area contributed by atoms with E-state index in [0.717, 1.165) is 12.0 Å². The van der Waals surface area contributed by atoms with Crippen molar-refractivity contribution in [3.63, 3.8) is 0 Å². The first-order valence-electron chi connectivity index (χ1n) is 6.70. The summed E-state index contributed by atoms with van der Waals surface area (Å²) in [5, 5.41) is 3.48. The van der Waals surface area contributed by atoms with Crippen LogP contribution < -0.4 is 5.32 Å². The third kappa shape index (κ3) is 1.94. The van der Waals surface area contributed by atoms with Crippen molar-refractivity contribution in [2.45, 2.75) is 45.1 Å². The molecule has 2 atom stereocenters. The lowest BCUT2D eigenvalue weighted by Crippen LogP contribution is -2.45. The fourth-order valence-electron chi connectivity index (χ4n) is 3.90. The van der Waals surface area contributed by atoms with Crippen LogP contribution in [0.5, 0.6) is 0 Å². The Kier molecular flexibility index (Phi) is 2.52. The highest BCUT2D eigenvalue weighted by Crippen LogP contribution is 2.40. The van der Waals surface area contributed by atoms with Gasteiger partial charge in [-0.1, -0.05) is 6.92 Å². The molecule has 2 heteroatoms. The molecule has 1 saturated carbocycles. The Morgan fingerprint density at radius 3 is 2.67 bits per heavy atom. The summed E-state index contributed by atoms with van der Waals surface area (Å²) in [4.78, 5) is 2.81. The molecule has 0 amide bonds. The summed E-state index contributed by atoms with van der Waals surface area (Å²) in [5.41, 5.74) is 0.607. The molecule has 1 N–H and O–H groups in total. The lowest BCUT2D eigenvalue weighted by molar-refractivity contribution is 0.104. The van der Waals surface area contributed by atoms with E-state index in [1.54, 1.807) is 0 Å². The van der Waals surface area contributed by atoms with Crippen LogP contribution in [0, 0.1) is 11.3 Å². The smallest absolute Gasteiger partial charge is 0.00988 e. The van der Waals surface area contributed by atoms with Crippen molar-refractivity contribution in [3.05, 3.63) is 0 Å². The fraction of sp³-hybridized carbons (Fsp3) is 1.00. The van der Waals surface area contributed by atoms with Crippen LogP contribution in [-0.4, -0.2) is 37.1 Å². The van der Waals surface area contributed by atoms with Gasteiger partial charge in [0, 0.05) is 19.1 Å². The molecule has 1 aliphatic carbocycles. The SMILES string of the molecule is CC1(CN2CC3CCC2C3)CCNCC1. The zero-order chi connectivity index (χ0) is 10.3. The second-order valence-corrected chi connectivity index (χ2v) is 6.32. The predicted octanol–water partition coefficient (Wildman–Crippen LogP) is 1.86. The van der Waals surface area contributed by atoms with Gasteiger partial charge in [-0.05, 0) is 56.5 Å². The van der Waals surface area contributed by atoms with Gasteiger partial charge in [-0.2, -0.15) is 0 Å². The average molecular weight is 208 g/mol. The standard InChI is InChI=1S/C13H24N2/c1-13(4-6-14-7-5-13)10-15-9-11-2-3-12(15)8-11/h11-12,14H,2-10H2,1H3. The fourth-order valence-corrected chi connectivity index (χ4v) is 3.90. The molecule has 0 spiro atoms. The third-order valence-electron chi connectivity index (χ3n) is 4.92. The van der Waals surface area contributed by atoms with Gasteiger partial charge in [0.15, 0.2) is 0 Å². The molecule has 2 heterocycles. The molecule has 2 nitrogen and oxygen atoms in total. The van der Waals surface area contributed by atoms with Gasteiger partial charge < -0.3 is 5.32 Å². The van der Waals surface area contributed by atoms with Crippen molar-refractivity contribution in [1.29, 1.82) is 0 Å². The quantitative estimate of drug-likeness (QED) is 0.745. The van der Waals surface area contributed by atoms with E-state index in [4.69, 9.17) is 0 Å². The van der Waals surface area contributed by atoms with Crippen molar-refractivity contribution in [1.82, 2.24) is 10.2 Å². The molecular formula is C13H24N2. The van der Waals surface area contributed by atoms with Gasteiger partial charge in [-0.25, -0.2) is 0 Å². The first-order valence-corrected chi connectivity index (χ1v) is 6.70. The molecule has 2 bridgehead atoms. The molecule has 3 aliphatic rings. The predicted molar refractivity (Wildman–Crippen MR) is 62.9 cm³/mol. The second-order valence-electron chi connectivity index (χ2n) is 6.32.